The number of aryl methyl sites for hydroxylation is 1. The number of anilines is 1. The third-order valence-electron chi connectivity index (χ3n) is 3.35. The second kappa shape index (κ2) is 8.15. The molecule has 0 aliphatic heterocycles. The second-order valence-electron chi connectivity index (χ2n) is 5.13. The zero-order valence-electron chi connectivity index (χ0n) is 13.9. The molecule has 24 heavy (non-hydrogen) atoms. The molecule has 0 bridgehead atoms. The Hall–Kier alpha value is -2.82. The molecule has 0 saturated heterocycles. The highest BCUT2D eigenvalue weighted by atomic mass is 19.1. The van der Waals surface area contributed by atoms with Crippen LogP contribution in [-0.4, -0.2) is 19.6 Å². The first-order valence-corrected chi connectivity index (χ1v) is 7.59. The van der Waals surface area contributed by atoms with Gasteiger partial charge in [-0.15, -0.1) is 0 Å². The maximum Gasteiger partial charge on any atom is 0.248 e. The highest BCUT2D eigenvalue weighted by Crippen LogP contribution is 2.28. The lowest BCUT2D eigenvalue weighted by molar-refractivity contribution is -0.111. The number of rotatable bonds is 6. The Kier molecular flexibility index (Phi) is 5.95. The van der Waals surface area contributed by atoms with Crippen LogP contribution >= 0.6 is 0 Å². The SMILES string of the molecule is CCOc1cc(/C=C/C(=O)Nc2ccc(C)c(F)c2)ccc1OC. The maximum absolute atomic E-state index is 13.5. The van der Waals surface area contributed by atoms with Crippen LogP contribution in [0.5, 0.6) is 11.5 Å². The summed E-state index contributed by atoms with van der Waals surface area (Å²) in [5.41, 5.74) is 1.74. The van der Waals surface area contributed by atoms with Crippen LogP contribution in [0.1, 0.15) is 18.1 Å². The molecule has 0 spiro atoms. The van der Waals surface area contributed by atoms with E-state index in [1.165, 1.54) is 12.1 Å². The van der Waals surface area contributed by atoms with E-state index in [-0.39, 0.29) is 11.7 Å². The molecule has 0 aromatic heterocycles. The zero-order chi connectivity index (χ0) is 17.5. The van der Waals surface area contributed by atoms with Gasteiger partial charge in [-0.3, -0.25) is 4.79 Å². The lowest BCUT2D eigenvalue weighted by Crippen LogP contribution is -2.08. The van der Waals surface area contributed by atoms with Crippen molar-refractivity contribution in [1.29, 1.82) is 0 Å². The minimum Gasteiger partial charge on any atom is -0.493 e. The van der Waals surface area contributed by atoms with E-state index in [2.05, 4.69) is 5.32 Å². The number of benzene rings is 2. The molecule has 2 aromatic carbocycles. The molecule has 1 N–H and O–H groups in total. The molecule has 0 aliphatic rings. The van der Waals surface area contributed by atoms with Crippen LogP contribution in [0.15, 0.2) is 42.5 Å². The molecule has 2 rings (SSSR count). The molecule has 5 heteroatoms. The molecule has 0 heterocycles. The van der Waals surface area contributed by atoms with Crippen LogP contribution < -0.4 is 14.8 Å². The van der Waals surface area contributed by atoms with E-state index >= 15 is 0 Å². The Morgan fingerprint density at radius 1 is 1.21 bits per heavy atom. The van der Waals surface area contributed by atoms with E-state index < -0.39 is 0 Å². The summed E-state index contributed by atoms with van der Waals surface area (Å²) in [5, 5.41) is 2.62. The molecular formula is C19H20FNO3. The number of halogens is 1. The fraction of sp³-hybridized carbons (Fsp3) is 0.211. The molecule has 0 unspecified atom stereocenters. The number of amides is 1. The normalized spacial score (nSPS) is 10.7. The van der Waals surface area contributed by atoms with E-state index in [0.717, 1.165) is 5.56 Å². The fourth-order valence-electron chi connectivity index (χ4n) is 2.09. The van der Waals surface area contributed by atoms with Gasteiger partial charge in [-0.25, -0.2) is 4.39 Å². The van der Waals surface area contributed by atoms with Crippen LogP contribution in [0, 0.1) is 12.7 Å². The number of methoxy groups -OCH3 is 1. The van der Waals surface area contributed by atoms with Crippen molar-refractivity contribution in [2.45, 2.75) is 13.8 Å². The second-order valence-corrected chi connectivity index (χ2v) is 5.13. The standard InChI is InChI=1S/C19H20FNO3/c1-4-24-18-11-14(6-9-17(18)23-3)7-10-19(22)21-15-8-5-13(2)16(20)12-15/h5-12H,4H2,1-3H3,(H,21,22)/b10-7+. The van der Waals surface area contributed by atoms with Gasteiger partial charge in [-0.2, -0.15) is 0 Å². The first-order valence-electron chi connectivity index (χ1n) is 7.59. The molecule has 0 aliphatic carbocycles. The largest absolute Gasteiger partial charge is 0.493 e. The summed E-state index contributed by atoms with van der Waals surface area (Å²) < 4.78 is 24.2. The molecule has 0 saturated carbocycles. The molecule has 126 valence electrons. The molecule has 2 aromatic rings. The van der Waals surface area contributed by atoms with E-state index in [1.807, 2.05) is 13.0 Å². The van der Waals surface area contributed by atoms with Gasteiger partial charge in [0.25, 0.3) is 0 Å². The highest BCUT2D eigenvalue weighted by Gasteiger charge is 2.05. The van der Waals surface area contributed by atoms with Crippen molar-refractivity contribution in [3.05, 3.63) is 59.4 Å². The topological polar surface area (TPSA) is 47.6 Å². The third kappa shape index (κ3) is 4.59. The first-order chi connectivity index (χ1) is 11.5. The van der Waals surface area contributed by atoms with Crippen molar-refractivity contribution in [2.24, 2.45) is 0 Å². The van der Waals surface area contributed by atoms with Gasteiger partial charge in [0.1, 0.15) is 5.82 Å². The van der Waals surface area contributed by atoms with Gasteiger partial charge in [0.15, 0.2) is 11.5 Å². The number of nitrogens with one attached hydrogen (secondary N) is 1. The summed E-state index contributed by atoms with van der Waals surface area (Å²) >= 11 is 0. The van der Waals surface area contributed by atoms with Crippen LogP contribution in [-0.2, 0) is 4.79 Å². The highest BCUT2D eigenvalue weighted by molar-refractivity contribution is 6.01. The van der Waals surface area contributed by atoms with Crippen LogP contribution in [0.25, 0.3) is 6.08 Å². The predicted octanol–water partition coefficient (Wildman–Crippen LogP) is 4.19. The molecule has 4 nitrogen and oxygen atoms in total. The smallest absolute Gasteiger partial charge is 0.248 e. The maximum atomic E-state index is 13.5. The Morgan fingerprint density at radius 3 is 2.67 bits per heavy atom. The number of hydrogen-bond donors (Lipinski definition) is 1. The average Bonchev–Trinajstić information content (AvgIpc) is 2.57. The van der Waals surface area contributed by atoms with Gasteiger partial charge < -0.3 is 14.8 Å². The Labute approximate surface area is 140 Å². The van der Waals surface area contributed by atoms with Gasteiger partial charge in [0.05, 0.1) is 13.7 Å². The monoisotopic (exact) mass is 329 g/mol. The van der Waals surface area contributed by atoms with Crippen molar-refractivity contribution in [1.82, 2.24) is 0 Å². The van der Waals surface area contributed by atoms with Crippen molar-refractivity contribution in [3.63, 3.8) is 0 Å². The van der Waals surface area contributed by atoms with Crippen LogP contribution in [0.4, 0.5) is 10.1 Å². The summed E-state index contributed by atoms with van der Waals surface area (Å²) in [6.07, 6.45) is 3.04. The van der Waals surface area contributed by atoms with Crippen molar-refractivity contribution < 1.29 is 18.7 Å². The van der Waals surface area contributed by atoms with E-state index in [1.54, 1.807) is 44.4 Å². The molecule has 0 radical (unpaired) electrons. The Bertz CT molecular complexity index is 756. The van der Waals surface area contributed by atoms with Crippen molar-refractivity contribution in [2.75, 3.05) is 19.0 Å². The minimum atomic E-state index is -0.353. The lowest BCUT2D eigenvalue weighted by atomic mass is 10.2. The summed E-state index contributed by atoms with van der Waals surface area (Å²) in [6.45, 7) is 4.07. The summed E-state index contributed by atoms with van der Waals surface area (Å²) in [7, 11) is 1.57. The summed E-state index contributed by atoms with van der Waals surface area (Å²) in [6, 6.07) is 9.95. The number of carbonyl (C=O) groups is 1. The van der Waals surface area contributed by atoms with Gasteiger partial charge in [-0.05, 0) is 55.3 Å². The minimum absolute atomic E-state index is 0.341. The molecule has 0 atom stereocenters. The number of hydrogen-bond acceptors (Lipinski definition) is 3. The first kappa shape index (κ1) is 17.5. The summed E-state index contributed by atoms with van der Waals surface area (Å²) in [5.74, 6) is 0.553. The van der Waals surface area contributed by atoms with Crippen LogP contribution in [0.3, 0.4) is 0 Å². The molecule has 0 fully saturated rings. The van der Waals surface area contributed by atoms with E-state index in [0.29, 0.717) is 29.4 Å². The van der Waals surface area contributed by atoms with Gasteiger partial charge >= 0.3 is 0 Å². The Morgan fingerprint density at radius 2 is 2.00 bits per heavy atom. The quantitative estimate of drug-likeness (QED) is 0.808. The number of carbonyl (C=O) groups excluding carboxylic acids is 1. The Balaban J connectivity index is 2.07. The van der Waals surface area contributed by atoms with E-state index in [9.17, 15) is 9.18 Å². The zero-order valence-corrected chi connectivity index (χ0v) is 13.9. The lowest BCUT2D eigenvalue weighted by Gasteiger charge is -2.09. The third-order valence-corrected chi connectivity index (χ3v) is 3.35. The summed E-state index contributed by atoms with van der Waals surface area (Å²) in [4.78, 5) is 11.9. The average molecular weight is 329 g/mol. The molecular weight excluding hydrogens is 309 g/mol. The van der Waals surface area contributed by atoms with Gasteiger partial charge in [-0.1, -0.05) is 12.1 Å². The fourth-order valence-corrected chi connectivity index (χ4v) is 2.09. The van der Waals surface area contributed by atoms with E-state index in [4.69, 9.17) is 9.47 Å². The van der Waals surface area contributed by atoms with Gasteiger partial charge in [0.2, 0.25) is 5.91 Å². The number of ether oxygens (including phenoxy) is 2. The van der Waals surface area contributed by atoms with Crippen molar-refractivity contribution in [3.8, 4) is 11.5 Å². The van der Waals surface area contributed by atoms with Crippen LogP contribution in [0.2, 0.25) is 0 Å². The molecule has 1 amide bonds. The van der Waals surface area contributed by atoms with Gasteiger partial charge in [0, 0.05) is 11.8 Å². The van der Waals surface area contributed by atoms with Crippen molar-refractivity contribution >= 4 is 17.7 Å². The predicted molar refractivity (Wildman–Crippen MR) is 93.0 cm³/mol.